The van der Waals surface area contributed by atoms with E-state index in [4.69, 9.17) is 5.11 Å². The molecule has 0 bridgehead atoms. The van der Waals surface area contributed by atoms with E-state index in [2.05, 4.69) is 4.74 Å². The van der Waals surface area contributed by atoms with E-state index in [9.17, 15) is 9.90 Å². The van der Waals surface area contributed by atoms with Gasteiger partial charge in [0, 0.05) is 0 Å². The number of ether oxygens (including phenoxy) is 1. The molecular formula is C10H12O4. The second kappa shape index (κ2) is 5.36. The molecule has 0 aliphatic rings. The van der Waals surface area contributed by atoms with Crippen LogP contribution in [0.15, 0.2) is 30.3 Å². The van der Waals surface area contributed by atoms with Crippen molar-refractivity contribution in [2.75, 3.05) is 13.2 Å². The first-order valence-electron chi connectivity index (χ1n) is 4.26. The van der Waals surface area contributed by atoms with Gasteiger partial charge in [0.05, 0.1) is 6.61 Å². The predicted octanol–water partition coefficient (Wildman–Crippen LogP) is 0.255. The smallest absolute Gasteiger partial charge is 0.339 e. The van der Waals surface area contributed by atoms with Crippen molar-refractivity contribution in [1.82, 2.24) is 0 Å². The van der Waals surface area contributed by atoms with E-state index in [1.165, 1.54) is 0 Å². The zero-order chi connectivity index (χ0) is 10.4. The molecule has 1 aromatic rings. The highest BCUT2D eigenvalue weighted by molar-refractivity contribution is 5.76. The van der Waals surface area contributed by atoms with Gasteiger partial charge in [0.1, 0.15) is 6.61 Å². The Kier molecular flexibility index (Phi) is 4.10. The fourth-order valence-electron chi connectivity index (χ4n) is 0.997. The van der Waals surface area contributed by atoms with Crippen LogP contribution in [-0.4, -0.2) is 29.4 Å². The lowest BCUT2D eigenvalue weighted by molar-refractivity contribution is -0.154. The molecule has 0 spiro atoms. The highest BCUT2D eigenvalue weighted by Gasteiger charge is 2.17. The maximum atomic E-state index is 11.1. The van der Waals surface area contributed by atoms with Crippen molar-refractivity contribution >= 4 is 5.97 Å². The van der Waals surface area contributed by atoms with Crippen molar-refractivity contribution in [3.63, 3.8) is 0 Å². The van der Waals surface area contributed by atoms with Crippen molar-refractivity contribution in [3.8, 4) is 0 Å². The van der Waals surface area contributed by atoms with Crippen LogP contribution in [-0.2, 0) is 9.53 Å². The Morgan fingerprint density at radius 2 is 2.00 bits per heavy atom. The number of rotatable bonds is 4. The summed E-state index contributed by atoms with van der Waals surface area (Å²) in [4.78, 5) is 11.1. The molecule has 0 saturated carbocycles. The van der Waals surface area contributed by atoms with Crippen molar-refractivity contribution in [1.29, 1.82) is 0 Å². The number of carbonyl (C=O) groups excluding carboxylic acids is 1. The van der Waals surface area contributed by atoms with Gasteiger partial charge in [0.2, 0.25) is 0 Å². The van der Waals surface area contributed by atoms with Crippen LogP contribution in [0.2, 0.25) is 0 Å². The van der Waals surface area contributed by atoms with Gasteiger partial charge in [0.25, 0.3) is 0 Å². The molecule has 1 unspecified atom stereocenters. The summed E-state index contributed by atoms with van der Waals surface area (Å²) in [6, 6.07) is 8.49. The molecule has 1 aromatic carbocycles. The van der Waals surface area contributed by atoms with Crippen LogP contribution in [0.4, 0.5) is 0 Å². The molecule has 4 heteroatoms. The van der Waals surface area contributed by atoms with Crippen LogP contribution >= 0.6 is 0 Å². The minimum absolute atomic E-state index is 0.0945. The number of esters is 1. The number of aliphatic hydroxyl groups is 2. The normalized spacial score (nSPS) is 12.1. The number of carbonyl (C=O) groups is 1. The highest BCUT2D eigenvalue weighted by atomic mass is 16.6. The Labute approximate surface area is 81.8 Å². The van der Waals surface area contributed by atoms with Gasteiger partial charge in [-0.15, -0.1) is 0 Å². The summed E-state index contributed by atoms with van der Waals surface area (Å²) in [5.74, 6) is -0.745. The van der Waals surface area contributed by atoms with Gasteiger partial charge >= 0.3 is 5.97 Å². The molecule has 0 saturated heterocycles. The first-order valence-corrected chi connectivity index (χ1v) is 4.26. The molecule has 0 aliphatic carbocycles. The average molecular weight is 196 g/mol. The molecule has 1 rings (SSSR count). The summed E-state index contributed by atoms with van der Waals surface area (Å²) in [6.45, 7) is -0.337. The molecule has 76 valence electrons. The number of hydrogen-bond acceptors (Lipinski definition) is 4. The molecule has 0 fully saturated rings. The third-order valence-corrected chi connectivity index (χ3v) is 1.67. The summed E-state index contributed by atoms with van der Waals surface area (Å²) >= 11 is 0. The molecule has 2 N–H and O–H groups in total. The topological polar surface area (TPSA) is 66.8 Å². The van der Waals surface area contributed by atoms with Gasteiger partial charge < -0.3 is 14.9 Å². The van der Waals surface area contributed by atoms with Crippen LogP contribution in [0.5, 0.6) is 0 Å². The Morgan fingerprint density at radius 3 is 2.57 bits per heavy atom. The lowest BCUT2D eigenvalue weighted by Gasteiger charge is -2.09. The lowest BCUT2D eigenvalue weighted by Crippen LogP contribution is -2.17. The second-order valence-electron chi connectivity index (χ2n) is 2.70. The second-order valence-corrected chi connectivity index (χ2v) is 2.70. The van der Waals surface area contributed by atoms with E-state index < -0.39 is 12.1 Å². The van der Waals surface area contributed by atoms with Crippen molar-refractivity contribution < 1.29 is 19.7 Å². The predicted molar refractivity (Wildman–Crippen MR) is 49.4 cm³/mol. The monoisotopic (exact) mass is 196 g/mol. The highest BCUT2D eigenvalue weighted by Crippen LogP contribution is 2.13. The minimum atomic E-state index is -1.28. The molecule has 1 atom stereocenters. The first kappa shape index (κ1) is 10.7. The van der Waals surface area contributed by atoms with Gasteiger partial charge in [0.15, 0.2) is 6.10 Å². The van der Waals surface area contributed by atoms with Gasteiger partial charge in [-0.3, -0.25) is 0 Å². The van der Waals surface area contributed by atoms with E-state index >= 15 is 0 Å². The van der Waals surface area contributed by atoms with Crippen LogP contribution in [0, 0.1) is 0 Å². The zero-order valence-corrected chi connectivity index (χ0v) is 7.59. The summed E-state index contributed by atoms with van der Waals surface area (Å²) in [7, 11) is 0. The molecule has 0 radical (unpaired) electrons. The fourth-order valence-corrected chi connectivity index (χ4v) is 0.997. The summed E-state index contributed by atoms with van der Waals surface area (Å²) < 4.78 is 4.57. The SMILES string of the molecule is O=C(OCCO)C(O)c1ccccc1. The Bertz CT molecular complexity index is 283. The molecule has 0 aliphatic heterocycles. The quantitative estimate of drug-likeness (QED) is 0.678. The molecule has 14 heavy (non-hydrogen) atoms. The number of hydrogen-bond donors (Lipinski definition) is 2. The molecule has 4 nitrogen and oxygen atoms in total. The summed E-state index contributed by atoms with van der Waals surface area (Å²) in [5.41, 5.74) is 0.482. The van der Waals surface area contributed by atoms with Gasteiger partial charge in [-0.05, 0) is 5.56 Å². The third kappa shape index (κ3) is 2.83. The Balaban J connectivity index is 2.57. The van der Waals surface area contributed by atoms with Crippen molar-refractivity contribution in [3.05, 3.63) is 35.9 Å². The average Bonchev–Trinajstić information content (AvgIpc) is 2.26. The van der Waals surface area contributed by atoms with E-state index in [-0.39, 0.29) is 13.2 Å². The van der Waals surface area contributed by atoms with Gasteiger partial charge in [-0.25, -0.2) is 4.79 Å². The van der Waals surface area contributed by atoms with E-state index in [0.29, 0.717) is 5.56 Å². The Hall–Kier alpha value is -1.39. The third-order valence-electron chi connectivity index (χ3n) is 1.67. The van der Waals surface area contributed by atoms with Gasteiger partial charge in [-0.2, -0.15) is 0 Å². The zero-order valence-electron chi connectivity index (χ0n) is 7.59. The summed E-state index contributed by atoms with van der Waals surface area (Å²) in [5, 5.41) is 17.9. The lowest BCUT2D eigenvalue weighted by atomic mass is 10.1. The summed E-state index contributed by atoms with van der Waals surface area (Å²) in [6.07, 6.45) is -1.28. The number of benzene rings is 1. The molecule has 0 amide bonds. The molecule has 0 aromatic heterocycles. The van der Waals surface area contributed by atoms with E-state index in [1.807, 2.05) is 0 Å². The van der Waals surface area contributed by atoms with Crippen molar-refractivity contribution in [2.24, 2.45) is 0 Å². The number of aliphatic hydroxyl groups excluding tert-OH is 2. The van der Waals surface area contributed by atoms with Gasteiger partial charge in [-0.1, -0.05) is 30.3 Å². The molecular weight excluding hydrogens is 184 g/mol. The standard InChI is InChI=1S/C10H12O4/c11-6-7-14-10(13)9(12)8-4-2-1-3-5-8/h1-5,9,11-12H,6-7H2. The maximum Gasteiger partial charge on any atom is 0.339 e. The van der Waals surface area contributed by atoms with E-state index in [1.54, 1.807) is 30.3 Å². The van der Waals surface area contributed by atoms with Crippen LogP contribution in [0.1, 0.15) is 11.7 Å². The molecule has 0 heterocycles. The largest absolute Gasteiger partial charge is 0.461 e. The van der Waals surface area contributed by atoms with E-state index in [0.717, 1.165) is 0 Å². The fraction of sp³-hybridized carbons (Fsp3) is 0.300. The van der Waals surface area contributed by atoms with Crippen LogP contribution < -0.4 is 0 Å². The van der Waals surface area contributed by atoms with Crippen LogP contribution in [0.3, 0.4) is 0 Å². The Morgan fingerprint density at radius 1 is 1.36 bits per heavy atom. The minimum Gasteiger partial charge on any atom is -0.461 e. The first-order chi connectivity index (χ1) is 6.75. The van der Waals surface area contributed by atoms with Crippen molar-refractivity contribution in [2.45, 2.75) is 6.10 Å². The maximum absolute atomic E-state index is 11.1. The van der Waals surface area contributed by atoms with Crippen LogP contribution in [0.25, 0.3) is 0 Å².